The predicted molar refractivity (Wildman–Crippen MR) is 121 cm³/mol. The number of fused-ring (bicyclic) bond motifs is 1. The number of rotatable bonds is 6. The molecule has 0 N–H and O–H groups in total. The highest BCUT2D eigenvalue weighted by Gasteiger charge is 2.31. The van der Waals surface area contributed by atoms with Crippen molar-refractivity contribution >= 4 is 39.1 Å². The molecule has 1 atom stereocenters. The third-order valence-corrected chi connectivity index (χ3v) is 6.91. The fraction of sp³-hybridized carbons (Fsp3) is 0.304. The Morgan fingerprint density at radius 2 is 2.00 bits per heavy atom. The number of likely N-dealkylation sites (tertiary alicyclic amines) is 1. The Labute approximate surface area is 188 Å². The molecule has 0 aliphatic carbocycles. The number of halogens is 1. The molecule has 1 aliphatic heterocycles. The number of aryl methyl sites for hydroxylation is 1. The zero-order valence-corrected chi connectivity index (χ0v) is 18.4. The largest absolute Gasteiger partial charge is 0.339 e. The molecule has 0 radical (unpaired) electrons. The summed E-state index contributed by atoms with van der Waals surface area (Å²) in [5, 5.41) is 5.73. The number of benzene rings is 2. The van der Waals surface area contributed by atoms with E-state index in [2.05, 4.69) is 16.2 Å². The highest BCUT2D eigenvalue weighted by molar-refractivity contribution is 7.18. The van der Waals surface area contributed by atoms with Crippen LogP contribution in [0.3, 0.4) is 0 Å². The minimum Gasteiger partial charge on any atom is -0.339 e. The molecule has 2 aromatic carbocycles. The average molecular weight is 453 g/mol. The highest BCUT2D eigenvalue weighted by Crippen LogP contribution is 2.36. The molecule has 6 nitrogen and oxygen atoms in total. The van der Waals surface area contributed by atoms with Crippen LogP contribution in [-0.2, 0) is 11.2 Å². The van der Waals surface area contributed by atoms with Crippen molar-refractivity contribution in [2.75, 3.05) is 6.54 Å². The molecule has 1 unspecified atom stereocenters. The van der Waals surface area contributed by atoms with Gasteiger partial charge >= 0.3 is 0 Å². The lowest BCUT2D eigenvalue weighted by Crippen LogP contribution is -2.30. The van der Waals surface area contributed by atoms with Gasteiger partial charge in [0.05, 0.1) is 16.3 Å². The van der Waals surface area contributed by atoms with Crippen LogP contribution in [0.2, 0.25) is 5.02 Å². The van der Waals surface area contributed by atoms with Gasteiger partial charge in [-0.15, -0.1) is 11.3 Å². The van der Waals surface area contributed by atoms with Gasteiger partial charge in [0.1, 0.15) is 5.01 Å². The van der Waals surface area contributed by atoms with Crippen LogP contribution < -0.4 is 0 Å². The number of carbonyl (C=O) groups excluding carboxylic acids is 1. The topological polar surface area (TPSA) is 72.1 Å². The molecule has 1 amide bonds. The van der Waals surface area contributed by atoms with Crippen LogP contribution in [-0.4, -0.2) is 32.5 Å². The molecule has 158 valence electrons. The standard InChI is InChI=1S/C23H21ClN4O2S/c24-16-12-10-15(11-13-16)22-26-20(30-27-22)8-3-9-21(29)28-14-4-6-18(28)23-25-17-5-1-2-7-19(17)31-23/h1-2,5,7,10-13,18H,3-4,6,8-9,14H2. The van der Waals surface area contributed by atoms with Crippen molar-refractivity contribution in [2.45, 2.75) is 38.1 Å². The van der Waals surface area contributed by atoms with Crippen molar-refractivity contribution in [1.29, 1.82) is 0 Å². The van der Waals surface area contributed by atoms with E-state index in [-0.39, 0.29) is 11.9 Å². The van der Waals surface area contributed by atoms with Crippen LogP contribution >= 0.6 is 22.9 Å². The van der Waals surface area contributed by atoms with Crippen LogP contribution in [0.15, 0.2) is 53.1 Å². The Hall–Kier alpha value is -2.77. The fourth-order valence-corrected chi connectivity index (χ4v) is 5.20. The lowest BCUT2D eigenvalue weighted by molar-refractivity contribution is -0.132. The third kappa shape index (κ3) is 4.34. The van der Waals surface area contributed by atoms with Crippen molar-refractivity contribution in [3.63, 3.8) is 0 Å². The smallest absolute Gasteiger partial charge is 0.226 e. The molecular weight excluding hydrogens is 432 g/mol. The summed E-state index contributed by atoms with van der Waals surface area (Å²) in [7, 11) is 0. The first kappa shape index (κ1) is 20.2. The van der Waals surface area contributed by atoms with Gasteiger partial charge in [0.2, 0.25) is 17.6 Å². The first-order chi connectivity index (χ1) is 15.2. The van der Waals surface area contributed by atoms with Crippen LogP contribution in [0.5, 0.6) is 0 Å². The van der Waals surface area contributed by atoms with Crippen molar-refractivity contribution in [3.8, 4) is 11.4 Å². The van der Waals surface area contributed by atoms with Gasteiger partial charge in [0.25, 0.3) is 0 Å². The molecule has 5 rings (SSSR count). The molecular formula is C23H21ClN4O2S. The average Bonchev–Trinajstić information content (AvgIpc) is 3.52. The van der Waals surface area contributed by atoms with Gasteiger partial charge in [-0.05, 0) is 55.7 Å². The summed E-state index contributed by atoms with van der Waals surface area (Å²) in [5.74, 6) is 1.24. The lowest BCUT2D eigenvalue weighted by atomic mass is 10.2. The van der Waals surface area contributed by atoms with Gasteiger partial charge in [0, 0.05) is 30.0 Å². The van der Waals surface area contributed by atoms with Gasteiger partial charge in [0.15, 0.2) is 0 Å². The van der Waals surface area contributed by atoms with E-state index in [1.165, 1.54) is 4.70 Å². The maximum atomic E-state index is 12.9. The van der Waals surface area contributed by atoms with E-state index in [1.54, 1.807) is 23.5 Å². The summed E-state index contributed by atoms with van der Waals surface area (Å²) in [6, 6.07) is 15.5. The van der Waals surface area contributed by atoms with Gasteiger partial charge < -0.3 is 9.42 Å². The molecule has 0 saturated carbocycles. The normalized spacial score (nSPS) is 16.3. The van der Waals surface area contributed by atoms with Crippen LogP contribution in [0.1, 0.15) is 42.6 Å². The van der Waals surface area contributed by atoms with Crippen molar-refractivity contribution in [3.05, 3.63) is 64.5 Å². The van der Waals surface area contributed by atoms with Crippen LogP contribution in [0, 0.1) is 0 Å². The van der Waals surface area contributed by atoms with Crippen molar-refractivity contribution < 1.29 is 9.32 Å². The molecule has 1 aliphatic rings. The first-order valence-electron chi connectivity index (χ1n) is 10.4. The van der Waals surface area contributed by atoms with E-state index in [1.807, 2.05) is 35.2 Å². The summed E-state index contributed by atoms with van der Waals surface area (Å²) < 4.78 is 6.52. The molecule has 31 heavy (non-hydrogen) atoms. The van der Waals surface area contributed by atoms with Crippen molar-refractivity contribution in [2.24, 2.45) is 0 Å². The summed E-state index contributed by atoms with van der Waals surface area (Å²) in [6.45, 7) is 0.792. The number of nitrogens with zero attached hydrogens (tertiary/aromatic N) is 4. The zero-order chi connectivity index (χ0) is 21.2. The highest BCUT2D eigenvalue weighted by atomic mass is 35.5. The second-order valence-electron chi connectivity index (χ2n) is 7.64. The van der Waals surface area contributed by atoms with Gasteiger partial charge in [-0.25, -0.2) is 4.98 Å². The Balaban J connectivity index is 1.19. The van der Waals surface area contributed by atoms with E-state index in [4.69, 9.17) is 21.1 Å². The lowest BCUT2D eigenvalue weighted by Gasteiger charge is -2.23. The summed E-state index contributed by atoms with van der Waals surface area (Å²) >= 11 is 7.61. The summed E-state index contributed by atoms with van der Waals surface area (Å²) in [6.07, 6.45) is 3.69. The Morgan fingerprint density at radius 3 is 2.84 bits per heavy atom. The molecule has 0 bridgehead atoms. The number of thiazole rings is 1. The number of aromatic nitrogens is 3. The van der Waals surface area contributed by atoms with Crippen molar-refractivity contribution in [1.82, 2.24) is 20.0 Å². The predicted octanol–water partition coefficient (Wildman–Crippen LogP) is 5.69. The molecule has 4 aromatic rings. The molecule has 2 aromatic heterocycles. The molecule has 1 saturated heterocycles. The van der Waals surface area contributed by atoms with Crippen LogP contribution in [0.4, 0.5) is 0 Å². The number of amides is 1. The minimum atomic E-state index is 0.0878. The van der Waals surface area contributed by atoms with E-state index in [9.17, 15) is 4.79 Å². The van der Waals surface area contributed by atoms with Gasteiger partial charge in [-0.2, -0.15) is 4.98 Å². The SMILES string of the molecule is O=C(CCCc1nc(-c2ccc(Cl)cc2)no1)N1CCCC1c1nc2ccccc2s1. The van der Waals surface area contributed by atoms with E-state index in [0.717, 1.165) is 35.5 Å². The van der Waals surface area contributed by atoms with E-state index in [0.29, 0.717) is 36.0 Å². The second kappa shape index (κ2) is 8.77. The quantitative estimate of drug-likeness (QED) is 0.376. The third-order valence-electron chi connectivity index (χ3n) is 5.52. The fourth-order valence-electron chi connectivity index (χ4n) is 3.96. The molecule has 8 heteroatoms. The number of carbonyl (C=O) groups is 1. The Kier molecular flexibility index (Phi) is 5.70. The van der Waals surface area contributed by atoms with E-state index < -0.39 is 0 Å². The number of para-hydroxylation sites is 1. The summed E-state index contributed by atoms with van der Waals surface area (Å²) in [5.41, 5.74) is 1.86. The first-order valence-corrected chi connectivity index (χ1v) is 11.6. The monoisotopic (exact) mass is 452 g/mol. The maximum absolute atomic E-state index is 12.9. The number of hydrogen-bond donors (Lipinski definition) is 0. The minimum absolute atomic E-state index is 0.0878. The van der Waals surface area contributed by atoms with Gasteiger partial charge in [-0.3, -0.25) is 4.79 Å². The van der Waals surface area contributed by atoms with Gasteiger partial charge in [-0.1, -0.05) is 28.9 Å². The van der Waals surface area contributed by atoms with Crippen LogP contribution in [0.25, 0.3) is 21.6 Å². The molecule has 1 fully saturated rings. The maximum Gasteiger partial charge on any atom is 0.226 e. The second-order valence-corrected chi connectivity index (χ2v) is 9.14. The molecule has 3 heterocycles. The number of hydrogen-bond acceptors (Lipinski definition) is 6. The van der Waals surface area contributed by atoms with E-state index >= 15 is 0 Å². The molecule has 0 spiro atoms. The zero-order valence-electron chi connectivity index (χ0n) is 16.8. The Bertz CT molecular complexity index is 1170. The summed E-state index contributed by atoms with van der Waals surface area (Å²) in [4.78, 5) is 24.1. The Morgan fingerprint density at radius 1 is 1.16 bits per heavy atom.